The molecule has 1 unspecified atom stereocenters. The normalized spacial score (nSPS) is 15.1. The van der Waals surface area contributed by atoms with Crippen molar-refractivity contribution in [2.75, 3.05) is 6.26 Å². The van der Waals surface area contributed by atoms with Gasteiger partial charge in [-0.05, 0) is 51.8 Å². The number of sulfone groups is 1. The van der Waals surface area contributed by atoms with Crippen molar-refractivity contribution in [2.24, 2.45) is 0 Å². The Balaban J connectivity index is 3.17. The molecule has 16 heavy (non-hydrogen) atoms. The zero-order valence-corrected chi connectivity index (χ0v) is 13.8. The summed E-state index contributed by atoms with van der Waals surface area (Å²) in [5.41, 5.74) is 0. The lowest BCUT2D eigenvalue weighted by Gasteiger charge is -2.27. The number of aliphatic hydroxyl groups excluding tert-OH is 1. The third-order valence-corrected chi connectivity index (χ3v) is 7.99. The van der Waals surface area contributed by atoms with Crippen molar-refractivity contribution in [2.45, 2.75) is 24.7 Å². The van der Waals surface area contributed by atoms with Crippen LogP contribution in [0.25, 0.3) is 0 Å². The highest BCUT2D eigenvalue weighted by molar-refractivity contribution is 9.13. The smallest absolute Gasteiger partial charge is 0.155 e. The zero-order valence-electron chi connectivity index (χ0n) is 8.99. The van der Waals surface area contributed by atoms with E-state index in [0.29, 0.717) is 4.88 Å². The Labute approximate surface area is 116 Å². The first-order valence-corrected chi connectivity index (χ1v) is 8.69. The summed E-state index contributed by atoms with van der Waals surface area (Å²) in [6, 6.07) is 1.73. The molecule has 1 aromatic rings. The van der Waals surface area contributed by atoms with E-state index < -0.39 is 20.7 Å². The average molecular weight is 392 g/mol. The molecule has 0 spiro atoms. The van der Waals surface area contributed by atoms with Gasteiger partial charge < -0.3 is 5.11 Å². The van der Waals surface area contributed by atoms with Gasteiger partial charge in [-0.15, -0.1) is 11.3 Å². The van der Waals surface area contributed by atoms with Crippen molar-refractivity contribution in [1.82, 2.24) is 0 Å². The molecule has 1 heterocycles. The molecule has 1 N–H and O–H groups in total. The molecule has 0 amide bonds. The molecule has 1 atom stereocenters. The first-order chi connectivity index (χ1) is 7.07. The maximum atomic E-state index is 11.6. The highest BCUT2D eigenvalue weighted by atomic mass is 79.9. The summed E-state index contributed by atoms with van der Waals surface area (Å²) in [6.45, 7) is 3.04. The molecule has 1 aromatic heterocycles. The first-order valence-electron chi connectivity index (χ1n) is 4.39. The second-order valence-electron chi connectivity index (χ2n) is 4.05. The molecule has 0 radical (unpaired) electrons. The minimum Gasteiger partial charge on any atom is -0.386 e. The predicted molar refractivity (Wildman–Crippen MR) is 73.6 cm³/mol. The molecule has 0 aromatic carbocycles. The van der Waals surface area contributed by atoms with Crippen LogP contribution in [0.5, 0.6) is 0 Å². The topological polar surface area (TPSA) is 54.4 Å². The average Bonchev–Trinajstić information content (AvgIpc) is 2.43. The van der Waals surface area contributed by atoms with Crippen molar-refractivity contribution >= 4 is 53.0 Å². The van der Waals surface area contributed by atoms with Crippen LogP contribution in [0, 0.1) is 0 Å². The molecule has 0 saturated carbocycles. The Hall–Kier alpha value is 0.570. The summed E-state index contributed by atoms with van der Waals surface area (Å²) in [5.74, 6) is 0. The molecule has 1 rings (SSSR count). The summed E-state index contributed by atoms with van der Waals surface area (Å²) in [7, 11) is -3.33. The van der Waals surface area contributed by atoms with E-state index in [4.69, 9.17) is 0 Å². The van der Waals surface area contributed by atoms with Gasteiger partial charge in [-0.1, -0.05) is 0 Å². The standard InChI is InChI=1S/C9H12Br2O3S2/c1-9(2,16(3,13)14)7(12)6-4-5(10)8(11)15-6/h4,7,12H,1-3H3. The minimum absolute atomic E-state index is 0.620. The molecule has 7 heteroatoms. The van der Waals surface area contributed by atoms with Gasteiger partial charge in [-0.25, -0.2) is 8.42 Å². The number of hydrogen-bond donors (Lipinski definition) is 1. The number of rotatable bonds is 3. The Morgan fingerprint density at radius 1 is 1.44 bits per heavy atom. The third kappa shape index (κ3) is 2.69. The van der Waals surface area contributed by atoms with Gasteiger partial charge in [0.1, 0.15) is 6.10 Å². The van der Waals surface area contributed by atoms with Crippen LogP contribution in [0.1, 0.15) is 24.8 Å². The Morgan fingerprint density at radius 3 is 2.25 bits per heavy atom. The fourth-order valence-electron chi connectivity index (χ4n) is 1.04. The van der Waals surface area contributed by atoms with Crippen LogP contribution in [0.2, 0.25) is 0 Å². The molecule has 0 bridgehead atoms. The number of aliphatic hydroxyl groups is 1. The van der Waals surface area contributed by atoms with E-state index in [1.807, 2.05) is 0 Å². The van der Waals surface area contributed by atoms with E-state index in [2.05, 4.69) is 31.9 Å². The number of halogens is 2. The third-order valence-electron chi connectivity index (χ3n) is 2.55. The number of thiophene rings is 1. The predicted octanol–water partition coefficient (Wildman–Crippen LogP) is 3.13. The summed E-state index contributed by atoms with van der Waals surface area (Å²) >= 11 is 7.94. The van der Waals surface area contributed by atoms with Crippen LogP contribution in [-0.4, -0.2) is 24.5 Å². The summed E-state index contributed by atoms with van der Waals surface area (Å²) in [6.07, 6.45) is 0.101. The summed E-state index contributed by atoms with van der Waals surface area (Å²) < 4.78 is 23.6. The van der Waals surface area contributed by atoms with Gasteiger partial charge >= 0.3 is 0 Å². The molecule has 0 fully saturated rings. The van der Waals surface area contributed by atoms with Crippen molar-refractivity contribution in [3.8, 4) is 0 Å². The Morgan fingerprint density at radius 2 is 1.94 bits per heavy atom. The minimum atomic E-state index is -3.33. The Kier molecular flexibility index (Phi) is 4.28. The lowest BCUT2D eigenvalue weighted by molar-refractivity contribution is 0.143. The maximum Gasteiger partial charge on any atom is 0.155 e. The van der Waals surface area contributed by atoms with Gasteiger partial charge in [0, 0.05) is 15.6 Å². The van der Waals surface area contributed by atoms with Gasteiger partial charge in [0.25, 0.3) is 0 Å². The Bertz CT molecular complexity index is 471. The van der Waals surface area contributed by atoms with Crippen LogP contribution in [0.4, 0.5) is 0 Å². The highest BCUT2D eigenvalue weighted by Gasteiger charge is 2.39. The van der Waals surface area contributed by atoms with Crippen LogP contribution in [0.15, 0.2) is 14.3 Å². The van der Waals surface area contributed by atoms with Crippen LogP contribution in [0.3, 0.4) is 0 Å². The highest BCUT2D eigenvalue weighted by Crippen LogP contribution is 2.40. The number of hydrogen-bond acceptors (Lipinski definition) is 4. The molecular formula is C9H12Br2O3S2. The van der Waals surface area contributed by atoms with Crippen molar-refractivity contribution in [1.29, 1.82) is 0 Å². The van der Waals surface area contributed by atoms with Crippen LogP contribution < -0.4 is 0 Å². The van der Waals surface area contributed by atoms with E-state index in [1.165, 1.54) is 25.2 Å². The second kappa shape index (κ2) is 4.68. The molecule has 3 nitrogen and oxygen atoms in total. The van der Waals surface area contributed by atoms with Gasteiger partial charge in [-0.3, -0.25) is 0 Å². The summed E-state index contributed by atoms with van der Waals surface area (Å²) in [4.78, 5) is 0.620. The molecular weight excluding hydrogens is 380 g/mol. The fourth-order valence-corrected chi connectivity index (χ4v) is 3.91. The fraction of sp³-hybridized carbons (Fsp3) is 0.556. The lowest BCUT2D eigenvalue weighted by atomic mass is 10.1. The van der Waals surface area contributed by atoms with E-state index in [9.17, 15) is 13.5 Å². The first kappa shape index (κ1) is 14.6. The van der Waals surface area contributed by atoms with E-state index in [-0.39, 0.29) is 0 Å². The van der Waals surface area contributed by atoms with Gasteiger partial charge in [0.15, 0.2) is 9.84 Å². The molecule has 0 aliphatic rings. The molecule has 0 saturated heterocycles. The monoisotopic (exact) mass is 390 g/mol. The van der Waals surface area contributed by atoms with E-state index >= 15 is 0 Å². The largest absolute Gasteiger partial charge is 0.386 e. The van der Waals surface area contributed by atoms with Crippen LogP contribution >= 0.6 is 43.2 Å². The van der Waals surface area contributed by atoms with E-state index in [1.54, 1.807) is 6.07 Å². The lowest BCUT2D eigenvalue weighted by Crippen LogP contribution is -2.37. The zero-order chi connectivity index (χ0) is 12.7. The quantitative estimate of drug-likeness (QED) is 0.860. The van der Waals surface area contributed by atoms with Gasteiger partial charge in [0.2, 0.25) is 0 Å². The summed E-state index contributed by atoms with van der Waals surface area (Å²) in [5, 5.41) is 10.1. The van der Waals surface area contributed by atoms with Crippen LogP contribution in [-0.2, 0) is 9.84 Å². The SMILES string of the molecule is CC(C)(C(O)c1cc(Br)c(Br)s1)S(C)(=O)=O. The van der Waals surface area contributed by atoms with Crippen molar-refractivity contribution < 1.29 is 13.5 Å². The molecule has 92 valence electrons. The molecule has 0 aliphatic heterocycles. The second-order valence-corrected chi connectivity index (χ2v) is 9.90. The van der Waals surface area contributed by atoms with E-state index in [0.717, 1.165) is 14.5 Å². The van der Waals surface area contributed by atoms with Crippen molar-refractivity contribution in [3.05, 3.63) is 19.2 Å². The van der Waals surface area contributed by atoms with Crippen molar-refractivity contribution in [3.63, 3.8) is 0 Å². The molecule has 0 aliphatic carbocycles. The van der Waals surface area contributed by atoms with Gasteiger partial charge in [-0.2, -0.15) is 0 Å². The van der Waals surface area contributed by atoms with Gasteiger partial charge in [0.05, 0.1) is 8.53 Å². The maximum absolute atomic E-state index is 11.6.